The van der Waals surface area contributed by atoms with Crippen molar-refractivity contribution >= 4 is 28.8 Å². The molecule has 0 aliphatic rings. The maximum absolute atomic E-state index is 12.6. The van der Waals surface area contributed by atoms with Gasteiger partial charge in [0.25, 0.3) is 5.91 Å². The molecule has 5 N–H and O–H groups in total. The van der Waals surface area contributed by atoms with Crippen LogP contribution in [0.4, 0.5) is 24.5 Å². The molecule has 0 fully saturated rings. The van der Waals surface area contributed by atoms with Crippen LogP contribution in [-0.2, 0) is 6.18 Å². The summed E-state index contributed by atoms with van der Waals surface area (Å²) in [5.74, 6) is -1.16. The van der Waals surface area contributed by atoms with E-state index >= 15 is 0 Å². The molecule has 7 nitrogen and oxygen atoms in total. The molecule has 138 valence electrons. The van der Waals surface area contributed by atoms with Crippen molar-refractivity contribution in [1.82, 2.24) is 0 Å². The number of halogens is 3. The second-order valence-electron chi connectivity index (χ2n) is 5.17. The summed E-state index contributed by atoms with van der Waals surface area (Å²) in [6.07, 6.45) is -4.49. The number of benzene rings is 2. The van der Waals surface area contributed by atoms with E-state index in [1.165, 1.54) is 6.07 Å². The van der Waals surface area contributed by atoms with Crippen LogP contribution >= 0.6 is 0 Å². The van der Waals surface area contributed by atoms with Gasteiger partial charge in [0.1, 0.15) is 6.07 Å². The van der Waals surface area contributed by atoms with Crippen LogP contribution in [0.25, 0.3) is 0 Å². The number of anilines is 2. The van der Waals surface area contributed by atoms with E-state index in [-0.39, 0.29) is 17.0 Å². The van der Waals surface area contributed by atoms with Crippen LogP contribution in [0.1, 0.15) is 15.9 Å². The van der Waals surface area contributed by atoms with Crippen molar-refractivity contribution in [2.45, 2.75) is 6.18 Å². The number of alkyl halides is 3. The van der Waals surface area contributed by atoms with Crippen molar-refractivity contribution in [2.75, 3.05) is 10.7 Å². The standard InChI is InChI=1S/C17H13F3N6O/c18-17(19,20)11-7-5-10(6-8-11)16(27)24-12-3-1-2-4-13(12)25-26-14(9-21)15(22)23/h1-8,25H,(H3,22,23)(H,24,27)/b26-14+. The maximum atomic E-state index is 12.6. The summed E-state index contributed by atoms with van der Waals surface area (Å²) in [6.45, 7) is 0. The third kappa shape index (κ3) is 5.05. The van der Waals surface area contributed by atoms with Crippen molar-refractivity contribution in [3.63, 3.8) is 0 Å². The van der Waals surface area contributed by atoms with Crippen molar-refractivity contribution in [3.05, 3.63) is 59.7 Å². The Balaban J connectivity index is 2.19. The topological polar surface area (TPSA) is 127 Å². The SMILES string of the molecule is N#C/C(=N\Nc1ccccc1NC(=O)c1ccc(C(F)(F)F)cc1)C(=N)N. The lowest BCUT2D eigenvalue weighted by molar-refractivity contribution is -0.137. The maximum Gasteiger partial charge on any atom is 0.416 e. The van der Waals surface area contributed by atoms with Crippen LogP contribution in [0.2, 0.25) is 0 Å². The van der Waals surface area contributed by atoms with Crippen LogP contribution in [0.3, 0.4) is 0 Å². The van der Waals surface area contributed by atoms with E-state index in [9.17, 15) is 18.0 Å². The van der Waals surface area contributed by atoms with Crippen molar-refractivity contribution < 1.29 is 18.0 Å². The minimum Gasteiger partial charge on any atom is -0.382 e. The Morgan fingerprint density at radius 2 is 1.70 bits per heavy atom. The number of nitrogens with one attached hydrogen (secondary N) is 3. The fourth-order valence-corrected chi connectivity index (χ4v) is 1.96. The number of hydrogen-bond donors (Lipinski definition) is 4. The molecule has 1 amide bonds. The van der Waals surface area contributed by atoms with Gasteiger partial charge in [-0.05, 0) is 36.4 Å². The predicted molar refractivity (Wildman–Crippen MR) is 94.4 cm³/mol. The lowest BCUT2D eigenvalue weighted by Crippen LogP contribution is -2.22. The molecule has 27 heavy (non-hydrogen) atoms. The molecule has 2 rings (SSSR count). The van der Waals surface area contributed by atoms with E-state index in [0.717, 1.165) is 24.3 Å². The van der Waals surface area contributed by atoms with E-state index in [1.54, 1.807) is 24.3 Å². The first-order chi connectivity index (χ1) is 12.7. The molecule has 10 heteroatoms. The van der Waals surface area contributed by atoms with E-state index in [2.05, 4.69) is 15.8 Å². The minimum atomic E-state index is -4.49. The molecule has 0 spiro atoms. The number of para-hydroxylation sites is 2. The molecule has 0 aromatic heterocycles. The molecule has 0 saturated carbocycles. The second-order valence-corrected chi connectivity index (χ2v) is 5.17. The minimum absolute atomic E-state index is 0.0303. The van der Waals surface area contributed by atoms with Crippen LogP contribution in [0.5, 0.6) is 0 Å². The number of nitriles is 1. The Kier molecular flexibility index (Phi) is 5.77. The number of hydrogen-bond acceptors (Lipinski definition) is 5. The van der Waals surface area contributed by atoms with Gasteiger partial charge in [-0.1, -0.05) is 12.1 Å². The molecule has 2 aromatic rings. The lowest BCUT2D eigenvalue weighted by Gasteiger charge is -2.11. The van der Waals surface area contributed by atoms with Gasteiger partial charge in [-0.2, -0.15) is 23.5 Å². The molecule has 0 aliphatic heterocycles. The van der Waals surface area contributed by atoms with Gasteiger partial charge >= 0.3 is 6.18 Å². The number of carbonyl (C=O) groups is 1. The van der Waals surface area contributed by atoms with Crippen LogP contribution < -0.4 is 16.5 Å². The molecule has 0 atom stereocenters. The Hall–Kier alpha value is -3.87. The summed E-state index contributed by atoms with van der Waals surface area (Å²) in [5, 5.41) is 22.2. The van der Waals surface area contributed by atoms with E-state index in [0.29, 0.717) is 5.69 Å². The second kappa shape index (κ2) is 8.01. The van der Waals surface area contributed by atoms with Gasteiger partial charge in [0.05, 0.1) is 16.9 Å². The molecule has 0 heterocycles. The molecule has 0 radical (unpaired) electrons. The van der Waals surface area contributed by atoms with E-state index < -0.39 is 23.5 Å². The summed E-state index contributed by atoms with van der Waals surface area (Å²) in [5.41, 5.74) is 7.09. The van der Waals surface area contributed by atoms with Gasteiger partial charge in [0.15, 0.2) is 5.84 Å². The average Bonchev–Trinajstić information content (AvgIpc) is 2.62. The molecular weight excluding hydrogens is 361 g/mol. The number of hydrazone groups is 1. The fourth-order valence-electron chi connectivity index (χ4n) is 1.96. The largest absolute Gasteiger partial charge is 0.416 e. The number of carbonyl (C=O) groups excluding carboxylic acids is 1. The van der Waals surface area contributed by atoms with Gasteiger partial charge < -0.3 is 11.1 Å². The quantitative estimate of drug-likeness (QED) is 0.364. The Bertz CT molecular complexity index is 929. The third-order valence-corrected chi connectivity index (χ3v) is 3.30. The Morgan fingerprint density at radius 3 is 2.22 bits per heavy atom. The Labute approximate surface area is 151 Å². The highest BCUT2D eigenvalue weighted by atomic mass is 19.4. The molecule has 0 unspecified atom stereocenters. The number of amidine groups is 1. The summed E-state index contributed by atoms with van der Waals surface area (Å²) in [6, 6.07) is 11.7. The predicted octanol–water partition coefficient (Wildman–Crippen LogP) is 3.19. The normalized spacial score (nSPS) is 11.4. The van der Waals surface area contributed by atoms with Crippen molar-refractivity contribution in [2.24, 2.45) is 10.8 Å². The highest BCUT2D eigenvalue weighted by Gasteiger charge is 2.30. The number of rotatable bonds is 5. The van der Waals surface area contributed by atoms with Gasteiger partial charge in [0.2, 0.25) is 5.71 Å². The molecular formula is C17H13F3N6O. The summed E-state index contributed by atoms with van der Waals surface area (Å²) in [7, 11) is 0. The van der Waals surface area contributed by atoms with Gasteiger partial charge in [-0.15, -0.1) is 0 Å². The lowest BCUT2D eigenvalue weighted by atomic mass is 10.1. The Morgan fingerprint density at radius 1 is 1.11 bits per heavy atom. The smallest absolute Gasteiger partial charge is 0.382 e. The monoisotopic (exact) mass is 374 g/mol. The average molecular weight is 374 g/mol. The summed E-state index contributed by atoms with van der Waals surface area (Å²) in [4.78, 5) is 12.3. The number of nitrogens with two attached hydrogens (primary N) is 1. The van der Waals surface area contributed by atoms with Crippen molar-refractivity contribution in [1.29, 1.82) is 10.7 Å². The van der Waals surface area contributed by atoms with Crippen molar-refractivity contribution in [3.8, 4) is 6.07 Å². The first-order valence-corrected chi connectivity index (χ1v) is 7.38. The zero-order valence-electron chi connectivity index (χ0n) is 13.6. The highest BCUT2D eigenvalue weighted by Crippen LogP contribution is 2.29. The summed E-state index contributed by atoms with van der Waals surface area (Å²) >= 11 is 0. The fraction of sp³-hybridized carbons (Fsp3) is 0.0588. The van der Waals surface area contributed by atoms with Gasteiger partial charge in [-0.25, -0.2) is 0 Å². The molecule has 0 aliphatic carbocycles. The zero-order valence-corrected chi connectivity index (χ0v) is 13.6. The molecule has 2 aromatic carbocycles. The van der Waals surface area contributed by atoms with Crippen LogP contribution in [0.15, 0.2) is 53.6 Å². The number of nitrogens with zero attached hydrogens (tertiary/aromatic N) is 2. The number of amides is 1. The summed E-state index contributed by atoms with van der Waals surface area (Å²) < 4.78 is 37.8. The molecule has 0 saturated heterocycles. The first-order valence-electron chi connectivity index (χ1n) is 7.38. The van der Waals surface area contributed by atoms with Crippen LogP contribution in [0, 0.1) is 16.7 Å². The third-order valence-electron chi connectivity index (χ3n) is 3.30. The van der Waals surface area contributed by atoms with Gasteiger partial charge in [0, 0.05) is 5.56 Å². The van der Waals surface area contributed by atoms with E-state index in [1.807, 2.05) is 0 Å². The zero-order chi connectivity index (χ0) is 20.0. The molecule has 0 bridgehead atoms. The first kappa shape index (κ1) is 19.5. The van der Waals surface area contributed by atoms with Gasteiger partial charge in [-0.3, -0.25) is 15.6 Å². The highest BCUT2D eigenvalue weighted by molar-refractivity contribution is 6.45. The van der Waals surface area contributed by atoms with E-state index in [4.69, 9.17) is 16.4 Å². The van der Waals surface area contributed by atoms with Crippen LogP contribution in [-0.4, -0.2) is 17.5 Å².